The molecular formula is C21H15FN4. The summed E-state index contributed by atoms with van der Waals surface area (Å²) in [6, 6.07) is 19.1. The zero-order chi connectivity index (χ0) is 17.7. The number of nitrogens with one attached hydrogen (secondary N) is 1. The number of fused-ring (bicyclic) bond motifs is 2. The van der Waals surface area contributed by atoms with Gasteiger partial charge in [-0.05, 0) is 23.8 Å². The number of benzene rings is 3. The summed E-state index contributed by atoms with van der Waals surface area (Å²) in [6.07, 6.45) is 1.68. The molecule has 5 aromatic rings. The standard InChI is InChI=1S/C21H15FN4/c1-26-19-11-16(17(22)10-14(19)12-23-26)15-8-5-9-18-20(15)21(25-24-18)13-6-3-2-4-7-13/h2-12H,1H3,(H,24,25). The average molecular weight is 342 g/mol. The number of aromatic nitrogens is 4. The summed E-state index contributed by atoms with van der Waals surface area (Å²) < 4.78 is 16.7. The van der Waals surface area contributed by atoms with Crippen LogP contribution in [0, 0.1) is 5.82 Å². The van der Waals surface area contributed by atoms with Crippen LogP contribution in [0.15, 0.2) is 66.9 Å². The Kier molecular flexibility index (Phi) is 3.15. The molecule has 0 bridgehead atoms. The van der Waals surface area contributed by atoms with Crippen LogP contribution in [0.5, 0.6) is 0 Å². The van der Waals surface area contributed by atoms with Gasteiger partial charge in [0, 0.05) is 28.9 Å². The highest BCUT2D eigenvalue weighted by atomic mass is 19.1. The van der Waals surface area contributed by atoms with Gasteiger partial charge >= 0.3 is 0 Å². The minimum atomic E-state index is -0.266. The molecule has 0 aliphatic carbocycles. The van der Waals surface area contributed by atoms with Crippen molar-refractivity contribution in [1.82, 2.24) is 20.0 Å². The first-order valence-electron chi connectivity index (χ1n) is 8.36. The first kappa shape index (κ1) is 14.8. The largest absolute Gasteiger partial charge is 0.277 e. The summed E-state index contributed by atoms with van der Waals surface area (Å²) in [5.74, 6) is -0.266. The molecule has 1 N–H and O–H groups in total. The van der Waals surface area contributed by atoms with Crippen molar-refractivity contribution in [2.75, 3.05) is 0 Å². The summed E-state index contributed by atoms with van der Waals surface area (Å²) in [5.41, 5.74) is 4.95. The van der Waals surface area contributed by atoms with Gasteiger partial charge in [0.15, 0.2) is 0 Å². The normalized spacial score (nSPS) is 11.5. The number of H-pyrrole nitrogens is 1. The Morgan fingerprint density at radius 2 is 1.81 bits per heavy atom. The highest BCUT2D eigenvalue weighted by Gasteiger charge is 2.17. The number of aryl methyl sites for hydroxylation is 1. The van der Waals surface area contributed by atoms with Gasteiger partial charge in [-0.3, -0.25) is 9.78 Å². The van der Waals surface area contributed by atoms with Gasteiger partial charge in [0.25, 0.3) is 0 Å². The van der Waals surface area contributed by atoms with Crippen molar-refractivity contribution >= 4 is 21.8 Å². The molecule has 3 aromatic carbocycles. The van der Waals surface area contributed by atoms with Gasteiger partial charge in [-0.1, -0.05) is 42.5 Å². The number of nitrogens with zero attached hydrogens (tertiary/aromatic N) is 3. The average Bonchev–Trinajstić information content (AvgIpc) is 3.26. The first-order valence-corrected chi connectivity index (χ1v) is 8.36. The van der Waals surface area contributed by atoms with Crippen LogP contribution in [0.3, 0.4) is 0 Å². The fraction of sp³-hybridized carbons (Fsp3) is 0.0476. The maximum atomic E-state index is 14.9. The fourth-order valence-electron chi connectivity index (χ4n) is 3.48. The molecule has 0 amide bonds. The predicted molar refractivity (Wildman–Crippen MR) is 101 cm³/mol. The Morgan fingerprint density at radius 3 is 2.65 bits per heavy atom. The molecule has 4 nitrogen and oxygen atoms in total. The molecule has 26 heavy (non-hydrogen) atoms. The van der Waals surface area contributed by atoms with E-state index in [4.69, 9.17) is 0 Å². The highest BCUT2D eigenvalue weighted by Crippen LogP contribution is 2.37. The van der Waals surface area contributed by atoms with Gasteiger partial charge in [-0.25, -0.2) is 4.39 Å². The van der Waals surface area contributed by atoms with E-state index < -0.39 is 0 Å². The van der Waals surface area contributed by atoms with Gasteiger partial charge < -0.3 is 0 Å². The molecular weight excluding hydrogens is 327 g/mol. The Morgan fingerprint density at radius 1 is 0.962 bits per heavy atom. The molecule has 0 saturated carbocycles. The van der Waals surface area contributed by atoms with Gasteiger partial charge in [0.1, 0.15) is 11.5 Å². The Hall–Kier alpha value is -3.47. The second-order valence-corrected chi connectivity index (χ2v) is 6.33. The molecule has 5 rings (SSSR count). The Balaban J connectivity index is 1.84. The molecule has 0 atom stereocenters. The van der Waals surface area contributed by atoms with Crippen molar-refractivity contribution < 1.29 is 4.39 Å². The number of halogens is 1. The molecule has 0 aliphatic rings. The molecule has 2 heterocycles. The number of hydrogen-bond donors (Lipinski definition) is 1. The van der Waals surface area contributed by atoms with E-state index >= 15 is 0 Å². The SMILES string of the molecule is Cn1ncc2cc(F)c(-c3cccc4[nH]nc(-c5ccccc5)c34)cc21. The second kappa shape index (κ2) is 5.52. The van der Waals surface area contributed by atoms with Crippen LogP contribution in [0.1, 0.15) is 0 Å². The molecule has 2 aromatic heterocycles. The minimum Gasteiger partial charge on any atom is -0.277 e. The van der Waals surface area contributed by atoms with Crippen molar-refractivity contribution in [1.29, 1.82) is 0 Å². The third-order valence-electron chi connectivity index (χ3n) is 4.76. The predicted octanol–water partition coefficient (Wildman–Crippen LogP) is 4.92. The van der Waals surface area contributed by atoms with E-state index in [1.165, 1.54) is 0 Å². The summed E-state index contributed by atoms with van der Waals surface area (Å²) in [4.78, 5) is 0. The number of hydrogen-bond acceptors (Lipinski definition) is 2. The van der Waals surface area contributed by atoms with Crippen LogP contribution in [0.25, 0.3) is 44.2 Å². The van der Waals surface area contributed by atoms with Crippen LogP contribution < -0.4 is 0 Å². The number of aromatic amines is 1. The van der Waals surface area contributed by atoms with Crippen LogP contribution in [-0.4, -0.2) is 20.0 Å². The quantitative estimate of drug-likeness (QED) is 0.495. The summed E-state index contributed by atoms with van der Waals surface area (Å²) >= 11 is 0. The lowest BCUT2D eigenvalue weighted by molar-refractivity contribution is 0.633. The number of rotatable bonds is 2. The second-order valence-electron chi connectivity index (χ2n) is 6.33. The van der Waals surface area contributed by atoms with Crippen LogP contribution >= 0.6 is 0 Å². The molecule has 0 radical (unpaired) electrons. The van der Waals surface area contributed by atoms with Gasteiger partial charge in [0.2, 0.25) is 0 Å². The third kappa shape index (κ3) is 2.14. The maximum absolute atomic E-state index is 14.9. The van der Waals surface area contributed by atoms with Crippen LogP contribution in [0.2, 0.25) is 0 Å². The Bertz CT molecular complexity index is 1250. The summed E-state index contributed by atoms with van der Waals surface area (Å²) in [7, 11) is 1.86. The van der Waals surface area contributed by atoms with E-state index in [0.29, 0.717) is 5.56 Å². The first-order chi connectivity index (χ1) is 12.7. The maximum Gasteiger partial charge on any atom is 0.131 e. The van der Waals surface area contributed by atoms with Crippen molar-refractivity contribution in [3.8, 4) is 22.4 Å². The van der Waals surface area contributed by atoms with E-state index in [1.54, 1.807) is 16.9 Å². The van der Waals surface area contributed by atoms with Crippen molar-refractivity contribution in [3.63, 3.8) is 0 Å². The van der Waals surface area contributed by atoms with Crippen molar-refractivity contribution in [2.24, 2.45) is 7.05 Å². The lowest BCUT2D eigenvalue weighted by Gasteiger charge is -2.08. The van der Waals surface area contributed by atoms with Gasteiger partial charge in [-0.15, -0.1) is 0 Å². The molecule has 0 saturated heterocycles. The summed E-state index contributed by atoms with van der Waals surface area (Å²) in [5, 5.41) is 13.5. The zero-order valence-corrected chi connectivity index (χ0v) is 14.1. The lowest BCUT2D eigenvalue weighted by atomic mass is 9.96. The molecule has 0 aliphatic heterocycles. The Labute approximate surface area is 148 Å². The van der Waals surface area contributed by atoms with Gasteiger partial charge in [0.05, 0.1) is 17.2 Å². The van der Waals surface area contributed by atoms with Crippen LogP contribution in [-0.2, 0) is 7.05 Å². The molecule has 0 spiro atoms. The monoisotopic (exact) mass is 342 g/mol. The van der Waals surface area contributed by atoms with Crippen molar-refractivity contribution in [3.05, 3.63) is 72.7 Å². The van der Waals surface area contributed by atoms with E-state index in [2.05, 4.69) is 15.3 Å². The van der Waals surface area contributed by atoms with Crippen molar-refractivity contribution in [2.45, 2.75) is 0 Å². The van der Waals surface area contributed by atoms with Crippen LogP contribution in [0.4, 0.5) is 4.39 Å². The summed E-state index contributed by atoms with van der Waals surface area (Å²) in [6.45, 7) is 0. The fourth-order valence-corrected chi connectivity index (χ4v) is 3.48. The van der Waals surface area contributed by atoms with E-state index in [9.17, 15) is 4.39 Å². The van der Waals surface area contributed by atoms with E-state index in [0.717, 1.165) is 38.6 Å². The van der Waals surface area contributed by atoms with E-state index in [-0.39, 0.29) is 5.82 Å². The molecule has 0 unspecified atom stereocenters. The minimum absolute atomic E-state index is 0.266. The highest BCUT2D eigenvalue weighted by molar-refractivity contribution is 6.04. The lowest BCUT2D eigenvalue weighted by Crippen LogP contribution is -1.92. The molecule has 126 valence electrons. The van der Waals surface area contributed by atoms with E-state index in [1.807, 2.05) is 61.6 Å². The van der Waals surface area contributed by atoms with Gasteiger partial charge in [-0.2, -0.15) is 10.2 Å². The zero-order valence-electron chi connectivity index (χ0n) is 14.1. The smallest absolute Gasteiger partial charge is 0.131 e. The third-order valence-corrected chi connectivity index (χ3v) is 4.76. The molecule has 5 heteroatoms. The topological polar surface area (TPSA) is 46.5 Å². The molecule has 0 fully saturated rings.